The summed E-state index contributed by atoms with van der Waals surface area (Å²) in [7, 11) is 1.74. The van der Waals surface area contributed by atoms with Gasteiger partial charge in [-0.15, -0.1) is 10.2 Å². The van der Waals surface area contributed by atoms with E-state index in [9.17, 15) is 8.78 Å². The smallest absolute Gasteiger partial charge is 0.197 e. The van der Waals surface area contributed by atoms with Gasteiger partial charge in [0.1, 0.15) is 11.4 Å². The lowest BCUT2D eigenvalue weighted by Crippen LogP contribution is -2.06. The fraction of sp³-hybridized carbons (Fsp3) is 0.364. The fourth-order valence-electron chi connectivity index (χ4n) is 1.34. The average Bonchev–Trinajstić information content (AvgIpc) is 2.77. The van der Waals surface area contributed by atoms with E-state index in [1.54, 1.807) is 11.6 Å². The molecule has 102 valence electrons. The number of nitrogens with one attached hydrogen (secondary N) is 1. The van der Waals surface area contributed by atoms with Gasteiger partial charge >= 0.3 is 0 Å². The van der Waals surface area contributed by atoms with E-state index in [2.05, 4.69) is 20.5 Å². The number of hydrogen-bond acceptors (Lipinski definition) is 5. The predicted octanol–water partition coefficient (Wildman–Crippen LogP) is 2.46. The summed E-state index contributed by atoms with van der Waals surface area (Å²) in [5.41, 5.74) is 0. The Morgan fingerprint density at radius 1 is 1.37 bits per heavy atom. The molecule has 0 saturated heterocycles. The Bertz CT molecular complexity index is 572. The Kier molecular flexibility index (Phi) is 4.31. The molecule has 5 nitrogen and oxygen atoms in total. The molecule has 0 amide bonds. The first-order chi connectivity index (χ1) is 9.11. The highest BCUT2D eigenvalue weighted by molar-refractivity contribution is 7.99. The minimum atomic E-state index is -0.715. The van der Waals surface area contributed by atoms with Crippen LogP contribution in [0.1, 0.15) is 13.3 Å². The summed E-state index contributed by atoms with van der Waals surface area (Å²) in [5, 5.41) is 10.9. The number of nitrogens with zero attached hydrogens (tertiary/aromatic N) is 4. The first kappa shape index (κ1) is 13.7. The number of aromatic nitrogens is 4. The molecule has 0 bridgehead atoms. The van der Waals surface area contributed by atoms with Gasteiger partial charge in [-0.05, 0) is 18.2 Å². The first-order valence-electron chi connectivity index (χ1n) is 5.73. The number of anilines is 1. The van der Waals surface area contributed by atoms with Gasteiger partial charge < -0.3 is 9.88 Å². The monoisotopic (exact) mass is 285 g/mol. The zero-order chi connectivity index (χ0) is 13.8. The standard InChI is InChI=1S/C11H13F2N5S/c1-3-4-14-9-7(12)5-8(13)10(16-9)19-11-17-15-6-18(11)2/h5-6H,3-4H2,1-2H3,(H,14,16). The quantitative estimate of drug-likeness (QED) is 0.914. The molecule has 0 radical (unpaired) electrons. The minimum absolute atomic E-state index is 0.0490. The maximum absolute atomic E-state index is 13.7. The van der Waals surface area contributed by atoms with Crippen LogP contribution in [0.5, 0.6) is 0 Å². The molecule has 0 atom stereocenters. The molecule has 0 spiro atoms. The van der Waals surface area contributed by atoms with Crippen molar-refractivity contribution in [3.63, 3.8) is 0 Å². The Morgan fingerprint density at radius 2 is 2.16 bits per heavy atom. The molecular formula is C11H13F2N5S. The average molecular weight is 285 g/mol. The van der Waals surface area contributed by atoms with E-state index in [4.69, 9.17) is 0 Å². The van der Waals surface area contributed by atoms with Crippen molar-refractivity contribution in [1.29, 1.82) is 0 Å². The summed E-state index contributed by atoms with van der Waals surface area (Å²) < 4.78 is 28.8. The number of halogens is 2. The number of rotatable bonds is 5. The zero-order valence-electron chi connectivity index (χ0n) is 10.5. The third-order valence-electron chi connectivity index (χ3n) is 2.30. The molecule has 2 rings (SSSR count). The van der Waals surface area contributed by atoms with Crippen LogP contribution in [-0.4, -0.2) is 26.3 Å². The number of hydrogen-bond donors (Lipinski definition) is 1. The van der Waals surface area contributed by atoms with Crippen LogP contribution < -0.4 is 5.32 Å². The lowest BCUT2D eigenvalue weighted by molar-refractivity contribution is 0.550. The van der Waals surface area contributed by atoms with Gasteiger partial charge in [0.15, 0.2) is 22.6 Å². The zero-order valence-corrected chi connectivity index (χ0v) is 11.3. The second-order valence-electron chi connectivity index (χ2n) is 3.86. The summed E-state index contributed by atoms with van der Waals surface area (Å²) in [6, 6.07) is 0.823. The van der Waals surface area contributed by atoms with Crippen molar-refractivity contribution in [2.75, 3.05) is 11.9 Å². The van der Waals surface area contributed by atoms with Gasteiger partial charge in [-0.2, -0.15) is 0 Å². The van der Waals surface area contributed by atoms with Crippen molar-refractivity contribution >= 4 is 17.6 Å². The van der Waals surface area contributed by atoms with Gasteiger partial charge in [0.25, 0.3) is 0 Å². The van der Waals surface area contributed by atoms with Gasteiger partial charge in [0.2, 0.25) is 0 Å². The molecule has 2 aromatic rings. The molecule has 2 heterocycles. The molecule has 0 unspecified atom stereocenters. The minimum Gasteiger partial charge on any atom is -0.368 e. The fourth-order valence-corrected chi connectivity index (χ4v) is 2.09. The number of aryl methyl sites for hydroxylation is 1. The molecule has 1 N–H and O–H groups in total. The van der Waals surface area contributed by atoms with Crippen molar-refractivity contribution in [3.05, 3.63) is 24.0 Å². The molecule has 0 fully saturated rings. The van der Waals surface area contributed by atoms with E-state index >= 15 is 0 Å². The van der Waals surface area contributed by atoms with Crippen molar-refractivity contribution < 1.29 is 8.78 Å². The van der Waals surface area contributed by atoms with Gasteiger partial charge in [-0.3, -0.25) is 0 Å². The molecule has 2 aromatic heterocycles. The van der Waals surface area contributed by atoms with E-state index in [0.717, 1.165) is 24.2 Å². The van der Waals surface area contributed by atoms with E-state index in [0.29, 0.717) is 11.7 Å². The highest BCUT2D eigenvalue weighted by atomic mass is 32.2. The summed E-state index contributed by atoms with van der Waals surface area (Å²) in [6.45, 7) is 2.52. The van der Waals surface area contributed by atoms with E-state index in [1.807, 2.05) is 6.92 Å². The summed E-state index contributed by atoms with van der Waals surface area (Å²) in [5.74, 6) is -1.37. The van der Waals surface area contributed by atoms with Gasteiger partial charge in [-0.25, -0.2) is 13.8 Å². The Labute approximate surface area is 113 Å². The van der Waals surface area contributed by atoms with Crippen LogP contribution in [0.2, 0.25) is 0 Å². The SMILES string of the molecule is CCCNc1nc(Sc2nncn2C)c(F)cc1F. The van der Waals surface area contributed by atoms with Crippen LogP contribution in [0.25, 0.3) is 0 Å². The van der Waals surface area contributed by atoms with Crippen LogP contribution >= 0.6 is 11.8 Å². The van der Waals surface area contributed by atoms with E-state index < -0.39 is 11.6 Å². The second-order valence-corrected chi connectivity index (χ2v) is 4.82. The molecule has 0 aliphatic rings. The van der Waals surface area contributed by atoms with E-state index in [1.165, 1.54) is 6.33 Å². The molecular weight excluding hydrogens is 272 g/mol. The van der Waals surface area contributed by atoms with Crippen molar-refractivity contribution in [3.8, 4) is 0 Å². The molecule has 0 aromatic carbocycles. The second kappa shape index (κ2) is 5.96. The van der Waals surface area contributed by atoms with Gasteiger partial charge in [0.05, 0.1) is 0 Å². The Hall–Kier alpha value is -1.70. The molecule has 0 aliphatic heterocycles. The molecule has 8 heteroatoms. The predicted molar refractivity (Wildman–Crippen MR) is 68.1 cm³/mol. The summed E-state index contributed by atoms with van der Waals surface area (Å²) in [6.07, 6.45) is 2.32. The Morgan fingerprint density at radius 3 is 2.79 bits per heavy atom. The van der Waals surface area contributed by atoms with Crippen LogP contribution in [-0.2, 0) is 7.05 Å². The third kappa shape index (κ3) is 3.19. The lowest BCUT2D eigenvalue weighted by Gasteiger charge is -2.08. The summed E-state index contributed by atoms with van der Waals surface area (Å²) >= 11 is 1.00. The maximum atomic E-state index is 13.7. The van der Waals surface area contributed by atoms with Crippen molar-refractivity contribution in [2.24, 2.45) is 7.05 Å². The van der Waals surface area contributed by atoms with Gasteiger partial charge in [0, 0.05) is 19.7 Å². The van der Waals surface area contributed by atoms with Crippen molar-refractivity contribution in [2.45, 2.75) is 23.5 Å². The van der Waals surface area contributed by atoms with Crippen LogP contribution in [0.15, 0.2) is 22.6 Å². The summed E-state index contributed by atoms with van der Waals surface area (Å²) in [4.78, 5) is 3.95. The van der Waals surface area contributed by atoms with Crippen LogP contribution in [0.3, 0.4) is 0 Å². The highest BCUT2D eigenvalue weighted by Gasteiger charge is 2.15. The topological polar surface area (TPSA) is 55.6 Å². The molecule has 19 heavy (non-hydrogen) atoms. The molecule has 0 saturated carbocycles. The van der Waals surface area contributed by atoms with Crippen LogP contribution in [0, 0.1) is 11.6 Å². The Balaban J connectivity index is 2.27. The molecule has 0 aliphatic carbocycles. The largest absolute Gasteiger partial charge is 0.368 e. The van der Waals surface area contributed by atoms with E-state index in [-0.39, 0.29) is 10.8 Å². The van der Waals surface area contributed by atoms with Gasteiger partial charge in [-0.1, -0.05) is 6.92 Å². The first-order valence-corrected chi connectivity index (χ1v) is 6.55. The lowest BCUT2D eigenvalue weighted by atomic mass is 10.4. The maximum Gasteiger partial charge on any atom is 0.197 e. The number of pyridine rings is 1. The highest BCUT2D eigenvalue weighted by Crippen LogP contribution is 2.28. The normalized spacial score (nSPS) is 10.7. The third-order valence-corrected chi connectivity index (χ3v) is 3.33. The van der Waals surface area contributed by atoms with Crippen molar-refractivity contribution in [1.82, 2.24) is 19.7 Å². The van der Waals surface area contributed by atoms with Crippen LogP contribution in [0.4, 0.5) is 14.6 Å².